The zero-order chi connectivity index (χ0) is 12.1. The largest absolute Gasteiger partial charge is 0.327 e. The number of nitrogens with one attached hydrogen (secondary N) is 1. The standard InChI is InChI=1S/C13H19N3S/c1-3-5-14-7-13-8-15-11(2)16(13)9-12-4-6-17-10-12/h4,6,8,10,14H,3,5,7,9H2,1-2H3. The molecule has 92 valence electrons. The maximum atomic E-state index is 4.40. The fourth-order valence-electron chi connectivity index (χ4n) is 1.83. The molecule has 2 aromatic heterocycles. The quantitative estimate of drug-likeness (QED) is 0.798. The Morgan fingerprint density at radius 3 is 3.06 bits per heavy atom. The first-order valence-electron chi connectivity index (χ1n) is 6.04. The Bertz CT molecular complexity index is 445. The maximum absolute atomic E-state index is 4.40. The van der Waals surface area contributed by atoms with Gasteiger partial charge in [0.2, 0.25) is 0 Å². The number of rotatable bonds is 6. The van der Waals surface area contributed by atoms with Crippen LogP contribution in [0.15, 0.2) is 23.0 Å². The van der Waals surface area contributed by atoms with Crippen LogP contribution in [0.2, 0.25) is 0 Å². The molecule has 4 heteroatoms. The highest BCUT2D eigenvalue weighted by Gasteiger charge is 2.06. The van der Waals surface area contributed by atoms with E-state index >= 15 is 0 Å². The van der Waals surface area contributed by atoms with Crippen LogP contribution in [0.25, 0.3) is 0 Å². The minimum absolute atomic E-state index is 0.902. The summed E-state index contributed by atoms with van der Waals surface area (Å²) in [6, 6.07) is 2.17. The number of hydrogen-bond donors (Lipinski definition) is 1. The van der Waals surface area contributed by atoms with Crippen molar-refractivity contribution in [3.63, 3.8) is 0 Å². The van der Waals surface area contributed by atoms with Crippen molar-refractivity contribution in [2.24, 2.45) is 0 Å². The summed E-state index contributed by atoms with van der Waals surface area (Å²) in [5.41, 5.74) is 2.62. The normalized spacial score (nSPS) is 10.9. The molecule has 0 aliphatic heterocycles. The van der Waals surface area contributed by atoms with E-state index in [1.807, 2.05) is 6.20 Å². The van der Waals surface area contributed by atoms with E-state index in [0.29, 0.717) is 0 Å². The Balaban J connectivity index is 2.06. The third-order valence-corrected chi connectivity index (χ3v) is 3.52. The van der Waals surface area contributed by atoms with Crippen molar-refractivity contribution in [1.82, 2.24) is 14.9 Å². The van der Waals surface area contributed by atoms with Gasteiger partial charge in [0.15, 0.2) is 0 Å². The number of hydrogen-bond acceptors (Lipinski definition) is 3. The third-order valence-electron chi connectivity index (χ3n) is 2.79. The van der Waals surface area contributed by atoms with Crippen molar-refractivity contribution in [1.29, 1.82) is 0 Å². The van der Waals surface area contributed by atoms with Gasteiger partial charge in [-0.2, -0.15) is 11.3 Å². The van der Waals surface area contributed by atoms with E-state index in [-0.39, 0.29) is 0 Å². The van der Waals surface area contributed by atoms with Crippen molar-refractivity contribution < 1.29 is 0 Å². The van der Waals surface area contributed by atoms with Gasteiger partial charge in [-0.1, -0.05) is 6.92 Å². The average Bonchev–Trinajstić information content (AvgIpc) is 2.94. The smallest absolute Gasteiger partial charge is 0.106 e. The predicted octanol–water partition coefficient (Wildman–Crippen LogP) is 2.80. The molecule has 2 aromatic rings. The van der Waals surface area contributed by atoms with E-state index in [9.17, 15) is 0 Å². The van der Waals surface area contributed by atoms with Crippen LogP contribution in [-0.4, -0.2) is 16.1 Å². The zero-order valence-electron chi connectivity index (χ0n) is 10.4. The topological polar surface area (TPSA) is 29.9 Å². The number of thiophene rings is 1. The summed E-state index contributed by atoms with van der Waals surface area (Å²) in [6.07, 6.45) is 3.14. The van der Waals surface area contributed by atoms with E-state index in [1.165, 1.54) is 11.3 Å². The summed E-state index contributed by atoms with van der Waals surface area (Å²) in [5.74, 6) is 1.09. The summed E-state index contributed by atoms with van der Waals surface area (Å²) in [7, 11) is 0. The summed E-state index contributed by atoms with van der Waals surface area (Å²) in [5, 5.41) is 7.75. The summed E-state index contributed by atoms with van der Waals surface area (Å²) in [6.45, 7) is 7.14. The molecule has 0 unspecified atom stereocenters. The fourth-order valence-corrected chi connectivity index (χ4v) is 2.49. The molecule has 2 rings (SSSR count). The van der Waals surface area contributed by atoms with Gasteiger partial charge in [0.25, 0.3) is 0 Å². The second kappa shape index (κ2) is 5.98. The summed E-state index contributed by atoms with van der Waals surface area (Å²) >= 11 is 1.75. The van der Waals surface area contributed by atoms with E-state index in [1.54, 1.807) is 11.3 Å². The molecule has 0 bridgehead atoms. The van der Waals surface area contributed by atoms with Gasteiger partial charge in [0, 0.05) is 19.3 Å². The fraction of sp³-hybridized carbons (Fsp3) is 0.462. The Hall–Kier alpha value is -1.13. The lowest BCUT2D eigenvalue weighted by Crippen LogP contribution is -2.17. The predicted molar refractivity (Wildman–Crippen MR) is 72.4 cm³/mol. The molecular formula is C13H19N3S. The molecule has 0 saturated carbocycles. The van der Waals surface area contributed by atoms with Crippen LogP contribution in [0, 0.1) is 6.92 Å². The van der Waals surface area contributed by atoms with Gasteiger partial charge in [0.1, 0.15) is 5.82 Å². The first kappa shape index (κ1) is 12.3. The van der Waals surface area contributed by atoms with E-state index in [2.05, 4.69) is 45.5 Å². The maximum Gasteiger partial charge on any atom is 0.106 e. The highest BCUT2D eigenvalue weighted by Crippen LogP contribution is 2.12. The second-order valence-electron chi connectivity index (χ2n) is 4.19. The van der Waals surface area contributed by atoms with Gasteiger partial charge < -0.3 is 9.88 Å². The van der Waals surface area contributed by atoms with Crippen molar-refractivity contribution >= 4 is 11.3 Å². The Morgan fingerprint density at radius 1 is 1.47 bits per heavy atom. The van der Waals surface area contributed by atoms with Gasteiger partial charge in [-0.3, -0.25) is 0 Å². The minimum Gasteiger partial charge on any atom is -0.327 e. The highest BCUT2D eigenvalue weighted by molar-refractivity contribution is 7.07. The lowest BCUT2D eigenvalue weighted by Gasteiger charge is -2.10. The lowest BCUT2D eigenvalue weighted by molar-refractivity contribution is 0.624. The van der Waals surface area contributed by atoms with Crippen molar-refractivity contribution in [3.05, 3.63) is 40.1 Å². The average molecular weight is 249 g/mol. The molecule has 0 fully saturated rings. The molecular weight excluding hydrogens is 230 g/mol. The monoisotopic (exact) mass is 249 g/mol. The van der Waals surface area contributed by atoms with Crippen LogP contribution < -0.4 is 5.32 Å². The van der Waals surface area contributed by atoms with Crippen molar-refractivity contribution in [2.45, 2.75) is 33.4 Å². The Kier molecular flexibility index (Phi) is 4.34. The number of aryl methyl sites for hydroxylation is 1. The molecule has 0 saturated heterocycles. The Labute approximate surface area is 107 Å². The molecule has 2 heterocycles. The number of nitrogens with zero attached hydrogens (tertiary/aromatic N) is 2. The van der Waals surface area contributed by atoms with Gasteiger partial charge in [-0.25, -0.2) is 4.98 Å². The van der Waals surface area contributed by atoms with Gasteiger partial charge >= 0.3 is 0 Å². The van der Waals surface area contributed by atoms with Crippen LogP contribution in [-0.2, 0) is 13.1 Å². The highest BCUT2D eigenvalue weighted by atomic mass is 32.1. The summed E-state index contributed by atoms with van der Waals surface area (Å²) < 4.78 is 2.28. The van der Waals surface area contributed by atoms with Gasteiger partial charge in [-0.15, -0.1) is 0 Å². The zero-order valence-corrected chi connectivity index (χ0v) is 11.3. The van der Waals surface area contributed by atoms with E-state index in [0.717, 1.165) is 31.9 Å². The first-order valence-corrected chi connectivity index (χ1v) is 6.98. The molecule has 1 N–H and O–H groups in total. The first-order chi connectivity index (χ1) is 8.31. The number of aromatic nitrogens is 2. The van der Waals surface area contributed by atoms with Gasteiger partial charge in [-0.05, 0) is 42.3 Å². The van der Waals surface area contributed by atoms with E-state index < -0.39 is 0 Å². The molecule has 0 amide bonds. The van der Waals surface area contributed by atoms with Crippen LogP contribution in [0.4, 0.5) is 0 Å². The molecule has 0 atom stereocenters. The molecule has 0 aliphatic carbocycles. The Morgan fingerprint density at radius 2 is 2.35 bits per heavy atom. The molecule has 0 radical (unpaired) electrons. The SMILES string of the molecule is CCCNCc1cnc(C)n1Cc1ccsc1. The second-order valence-corrected chi connectivity index (χ2v) is 4.97. The molecule has 17 heavy (non-hydrogen) atoms. The third kappa shape index (κ3) is 3.17. The van der Waals surface area contributed by atoms with Gasteiger partial charge in [0.05, 0.1) is 5.69 Å². The van der Waals surface area contributed by atoms with Crippen LogP contribution in [0.3, 0.4) is 0 Å². The molecule has 0 aliphatic rings. The lowest BCUT2D eigenvalue weighted by atomic mass is 10.3. The van der Waals surface area contributed by atoms with Crippen molar-refractivity contribution in [3.8, 4) is 0 Å². The van der Waals surface area contributed by atoms with Crippen LogP contribution >= 0.6 is 11.3 Å². The van der Waals surface area contributed by atoms with E-state index in [4.69, 9.17) is 0 Å². The molecule has 0 aromatic carbocycles. The minimum atomic E-state index is 0.902. The van der Waals surface area contributed by atoms with Crippen LogP contribution in [0.5, 0.6) is 0 Å². The number of imidazole rings is 1. The van der Waals surface area contributed by atoms with Crippen molar-refractivity contribution in [2.75, 3.05) is 6.54 Å². The van der Waals surface area contributed by atoms with Crippen LogP contribution in [0.1, 0.15) is 30.4 Å². The molecule has 3 nitrogen and oxygen atoms in total. The molecule has 0 spiro atoms. The summed E-state index contributed by atoms with van der Waals surface area (Å²) in [4.78, 5) is 4.40.